The van der Waals surface area contributed by atoms with Gasteiger partial charge in [-0.05, 0) is 19.1 Å². The van der Waals surface area contributed by atoms with E-state index in [4.69, 9.17) is 0 Å². The zero-order valence-electron chi connectivity index (χ0n) is 9.50. The third kappa shape index (κ3) is 3.37. The summed E-state index contributed by atoms with van der Waals surface area (Å²) in [6.45, 7) is 2.51. The lowest BCUT2D eigenvalue weighted by Crippen LogP contribution is -2.27. The molecule has 2 heterocycles. The predicted octanol–water partition coefficient (Wildman–Crippen LogP) is 0.298. The van der Waals surface area contributed by atoms with Gasteiger partial charge >= 0.3 is 0 Å². The van der Waals surface area contributed by atoms with Crippen LogP contribution in [0.3, 0.4) is 0 Å². The molecule has 0 radical (unpaired) electrons. The van der Waals surface area contributed by atoms with Crippen molar-refractivity contribution >= 4 is 5.91 Å². The van der Waals surface area contributed by atoms with Gasteiger partial charge in [0.2, 0.25) is 5.91 Å². The van der Waals surface area contributed by atoms with Gasteiger partial charge in [0.15, 0.2) is 0 Å². The molecule has 0 bridgehead atoms. The van der Waals surface area contributed by atoms with Gasteiger partial charge in [-0.25, -0.2) is 9.97 Å². The molecule has 0 spiro atoms. The van der Waals surface area contributed by atoms with Crippen LogP contribution in [-0.4, -0.2) is 25.7 Å². The lowest BCUT2D eigenvalue weighted by molar-refractivity contribution is -0.122. The molecule has 0 atom stereocenters. The van der Waals surface area contributed by atoms with Gasteiger partial charge in [-0.15, -0.1) is 0 Å². The van der Waals surface area contributed by atoms with Crippen LogP contribution < -0.4 is 5.32 Å². The Kier molecular flexibility index (Phi) is 3.44. The van der Waals surface area contributed by atoms with Crippen molar-refractivity contribution < 1.29 is 4.79 Å². The number of rotatable bonds is 4. The minimum Gasteiger partial charge on any atom is -0.349 e. The van der Waals surface area contributed by atoms with Crippen LogP contribution in [0.5, 0.6) is 0 Å². The highest BCUT2D eigenvalue weighted by atomic mass is 16.2. The third-order valence-corrected chi connectivity index (χ3v) is 2.19. The van der Waals surface area contributed by atoms with E-state index in [0.29, 0.717) is 6.54 Å². The number of nitrogens with one attached hydrogen (secondary N) is 1. The summed E-state index contributed by atoms with van der Waals surface area (Å²) in [5, 5.41) is 6.73. The maximum absolute atomic E-state index is 11.6. The van der Waals surface area contributed by atoms with Crippen LogP contribution in [0.25, 0.3) is 0 Å². The second-order valence-corrected chi connectivity index (χ2v) is 3.63. The topological polar surface area (TPSA) is 72.7 Å². The Labute approximate surface area is 98.7 Å². The number of hydrogen-bond acceptors (Lipinski definition) is 4. The summed E-state index contributed by atoms with van der Waals surface area (Å²) in [7, 11) is 0. The van der Waals surface area contributed by atoms with Gasteiger partial charge in [0, 0.05) is 18.1 Å². The van der Waals surface area contributed by atoms with Crippen molar-refractivity contribution in [3.05, 3.63) is 42.2 Å². The van der Waals surface area contributed by atoms with Crippen molar-refractivity contribution in [1.82, 2.24) is 25.1 Å². The van der Waals surface area contributed by atoms with E-state index in [9.17, 15) is 4.79 Å². The predicted molar refractivity (Wildman–Crippen MR) is 60.8 cm³/mol. The molecule has 0 fully saturated rings. The average Bonchev–Trinajstić information content (AvgIpc) is 2.79. The van der Waals surface area contributed by atoms with Crippen LogP contribution in [0.4, 0.5) is 0 Å². The molecule has 6 heteroatoms. The Morgan fingerprint density at radius 1 is 1.47 bits per heavy atom. The number of hydrogen-bond donors (Lipinski definition) is 1. The lowest BCUT2D eigenvalue weighted by Gasteiger charge is -2.05. The first kappa shape index (κ1) is 11.3. The normalized spacial score (nSPS) is 10.2. The number of aryl methyl sites for hydroxylation is 1. The first-order valence-corrected chi connectivity index (χ1v) is 5.26. The van der Waals surface area contributed by atoms with Crippen LogP contribution >= 0.6 is 0 Å². The van der Waals surface area contributed by atoms with Crippen LogP contribution in [0.15, 0.2) is 30.9 Å². The second-order valence-electron chi connectivity index (χ2n) is 3.63. The molecule has 0 saturated carbocycles. The lowest BCUT2D eigenvalue weighted by atomic mass is 10.3. The van der Waals surface area contributed by atoms with Crippen molar-refractivity contribution in [1.29, 1.82) is 0 Å². The molecule has 0 aliphatic heterocycles. The zero-order valence-corrected chi connectivity index (χ0v) is 9.50. The number of aromatic nitrogens is 4. The summed E-state index contributed by atoms with van der Waals surface area (Å²) >= 11 is 0. The summed E-state index contributed by atoms with van der Waals surface area (Å²) < 4.78 is 1.57. The first-order valence-electron chi connectivity index (χ1n) is 5.26. The second kappa shape index (κ2) is 5.20. The fraction of sp³-hybridized carbons (Fsp3) is 0.273. The average molecular weight is 231 g/mol. The van der Waals surface area contributed by atoms with Crippen molar-refractivity contribution in [2.45, 2.75) is 20.0 Å². The Morgan fingerprint density at radius 3 is 3.06 bits per heavy atom. The molecule has 0 aliphatic carbocycles. The van der Waals surface area contributed by atoms with E-state index in [0.717, 1.165) is 11.4 Å². The fourth-order valence-electron chi connectivity index (χ4n) is 1.39. The highest BCUT2D eigenvalue weighted by Gasteiger charge is 2.03. The fourth-order valence-corrected chi connectivity index (χ4v) is 1.39. The maximum Gasteiger partial charge on any atom is 0.242 e. The minimum absolute atomic E-state index is 0.0926. The van der Waals surface area contributed by atoms with E-state index < -0.39 is 0 Å². The number of carbonyl (C=O) groups excluding carboxylic acids is 1. The van der Waals surface area contributed by atoms with Crippen molar-refractivity contribution in [2.75, 3.05) is 0 Å². The van der Waals surface area contributed by atoms with E-state index in [1.165, 1.54) is 6.33 Å². The first-order chi connectivity index (χ1) is 8.24. The number of nitrogens with zero attached hydrogens (tertiary/aromatic N) is 4. The molecule has 2 aromatic rings. The molecule has 0 aliphatic rings. The summed E-state index contributed by atoms with van der Waals surface area (Å²) in [5.74, 6) is -0.0926. The molecule has 88 valence electrons. The number of amides is 1. The molecular formula is C11H13N5O. The zero-order chi connectivity index (χ0) is 12.1. The molecular weight excluding hydrogens is 218 g/mol. The van der Waals surface area contributed by atoms with Crippen LogP contribution in [0.2, 0.25) is 0 Å². The number of carbonyl (C=O) groups is 1. The van der Waals surface area contributed by atoms with E-state index in [2.05, 4.69) is 20.4 Å². The highest BCUT2D eigenvalue weighted by molar-refractivity contribution is 5.75. The monoisotopic (exact) mass is 231 g/mol. The van der Waals surface area contributed by atoms with Crippen molar-refractivity contribution in [2.24, 2.45) is 0 Å². The molecule has 2 aromatic heterocycles. The third-order valence-electron chi connectivity index (χ3n) is 2.19. The minimum atomic E-state index is -0.0926. The molecule has 2 rings (SSSR count). The van der Waals surface area contributed by atoms with Crippen molar-refractivity contribution in [3.63, 3.8) is 0 Å². The van der Waals surface area contributed by atoms with Gasteiger partial charge in [0.05, 0.1) is 12.2 Å². The summed E-state index contributed by atoms with van der Waals surface area (Å²) in [6.07, 6.45) is 4.87. The molecule has 6 nitrogen and oxygen atoms in total. The Morgan fingerprint density at radius 2 is 2.35 bits per heavy atom. The molecule has 0 aromatic carbocycles. The standard InChI is InChI=1S/C11H13N5O/c1-9-5-10(14-8-13-9)6-12-11(17)7-16-4-2-3-15-16/h2-5,8H,6-7H2,1H3,(H,12,17). The van der Waals surface area contributed by atoms with E-state index in [1.807, 2.05) is 13.0 Å². The quantitative estimate of drug-likeness (QED) is 0.821. The molecule has 0 saturated heterocycles. The molecule has 0 unspecified atom stereocenters. The smallest absolute Gasteiger partial charge is 0.242 e. The summed E-state index contributed by atoms with van der Waals surface area (Å²) in [5.41, 5.74) is 1.68. The summed E-state index contributed by atoms with van der Waals surface area (Å²) in [4.78, 5) is 19.6. The van der Waals surface area contributed by atoms with E-state index in [1.54, 1.807) is 23.1 Å². The largest absolute Gasteiger partial charge is 0.349 e. The Hall–Kier alpha value is -2.24. The maximum atomic E-state index is 11.6. The van der Waals surface area contributed by atoms with E-state index in [-0.39, 0.29) is 12.5 Å². The summed E-state index contributed by atoms with van der Waals surface area (Å²) in [6, 6.07) is 3.62. The van der Waals surface area contributed by atoms with Crippen LogP contribution in [-0.2, 0) is 17.9 Å². The van der Waals surface area contributed by atoms with Crippen LogP contribution in [0.1, 0.15) is 11.4 Å². The van der Waals surface area contributed by atoms with Gasteiger partial charge in [0.1, 0.15) is 12.9 Å². The van der Waals surface area contributed by atoms with Crippen molar-refractivity contribution in [3.8, 4) is 0 Å². The van der Waals surface area contributed by atoms with Crippen LogP contribution in [0, 0.1) is 6.92 Å². The molecule has 1 amide bonds. The van der Waals surface area contributed by atoms with Gasteiger partial charge in [-0.2, -0.15) is 5.10 Å². The Balaban J connectivity index is 1.84. The molecule has 1 N–H and O–H groups in total. The van der Waals surface area contributed by atoms with Gasteiger partial charge in [0.25, 0.3) is 0 Å². The highest BCUT2D eigenvalue weighted by Crippen LogP contribution is 1.95. The van der Waals surface area contributed by atoms with Gasteiger partial charge in [-0.1, -0.05) is 0 Å². The molecule has 17 heavy (non-hydrogen) atoms. The SMILES string of the molecule is Cc1cc(CNC(=O)Cn2cccn2)ncn1. The Bertz CT molecular complexity index is 494. The van der Waals surface area contributed by atoms with Gasteiger partial charge < -0.3 is 5.32 Å². The van der Waals surface area contributed by atoms with Gasteiger partial charge in [-0.3, -0.25) is 9.48 Å². The van der Waals surface area contributed by atoms with E-state index >= 15 is 0 Å².